The zero-order chi connectivity index (χ0) is 17.3. The lowest BCUT2D eigenvalue weighted by molar-refractivity contribution is -0.248. The molecule has 0 aromatic heterocycles. The third-order valence-electron chi connectivity index (χ3n) is 2.25. The fraction of sp³-hybridized carbons (Fsp3) is 0.300. The predicted octanol–water partition coefficient (Wildman–Crippen LogP) is 2.86. The van der Waals surface area contributed by atoms with Crippen molar-refractivity contribution in [3.05, 3.63) is 33.4 Å². The second kappa shape index (κ2) is 6.23. The van der Waals surface area contributed by atoms with Gasteiger partial charge in [0, 0.05) is 3.57 Å². The highest BCUT2D eigenvalue weighted by Crippen LogP contribution is 2.38. The van der Waals surface area contributed by atoms with Gasteiger partial charge in [-0.2, -0.15) is 30.4 Å². The number of alkyl halides is 5. The Kier molecular flexibility index (Phi) is 5.39. The zero-order valence-electron chi connectivity index (χ0n) is 10.1. The Hall–Kier alpha value is -1.02. The topological polar surface area (TPSA) is 80.7 Å². The highest BCUT2D eigenvalue weighted by molar-refractivity contribution is 14.1. The zero-order valence-corrected chi connectivity index (χ0v) is 13.1. The molecule has 1 aromatic rings. The molecule has 0 amide bonds. The predicted molar refractivity (Wildman–Crippen MR) is 70.9 cm³/mol. The first-order chi connectivity index (χ1) is 9.76. The molecule has 0 radical (unpaired) electrons. The summed E-state index contributed by atoms with van der Waals surface area (Å²) in [7, 11) is -6.45. The quantitative estimate of drug-likeness (QED) is 0.324. The molecule has 1 aromatic carbocycles. The largest absolute Gasteiger partial charge is 0.441 e. The molecule has 0 saturated heterocycles. The summed E-state index contributed by atoms with van der Waals surface area (Å²) in [5, 5.41) is -5.75. The van der Waals surface area contributed by atoms with Crippen molar-refractivity contribution in [3.63, 3.8) is 0 Å². The highest BCUT2D eigenvalue weighted by Gasteiger charge is 2.66. The van der Waals surface area contributed by atoms with Crippen LogP contribution in [-0.2, 0) is 14.9 Å². The van der Waals surface area contributed by atoms with Crippen LogP contribution in [0.1, 0.15) is 10.4 Å². The fourth-order valence-electron chi connectivity index (χ4n) is 1.22. The number of rotatable bonds is 4. The van der Waals surface area contributed by atoms with Crippen LogP contribution in [0.3, 0.4) is 0 Å². The Morgan fingerprint density at radius 1 is 1.14 bits per heavy atom. The van der Waals surface area contributed by atoms with E-state index in [-0.39, 0.29) is 0 Å². The van der Waals surface area contributed by atoms with Crippen molar-refractivity contribution in [2.75, 3.05) is 0 Å². The molecule has 0 fully saturated rings. The molecule has 0 saturated carbocycles. The molecule has 22 heavy (non-hydrogen) atoms. The van der Waals surface area contributed by atoms with Crippen LogP contribution < -0.4 is 0 Å². The minimum absolute atomic E-state index is 0.499. The number of carbonyl (C=O) groups is 1. The molecule has 0 heterocycles. The van der Waals surface area contributed by atoms with Crippen molar-refractivity contribution in [2.45, 2.75) is 17.5 Å². The van der Waals surface area contributed by atoms with Gasteiger partial charge in [0.25, 0.3) is 6.10 Å². The van der Waals surface area contributed by atoms with Crippen molar-refractivity contribution in [1.82, 2.24) is 0 Å². The van der Waals surface area contributed by atoms with Gasteiger partial charge >= 0.3 is 27.5 Å². The Morgan fingerprint density at radius 3 is 1.95 bits per heavy atom. The van der Waals surface area contributed by atoms with E-state index in [9.17, 15) is 35.2 Å². The number of ether oxygens (including phenoxy) is 1. The van der Waals surface area contributed by atoms with E-state index in [0.29, 0.717) is 3.57 Å². The maximum Gasteiger partial charge on any atom is 0.432 e. The van der Waals surface area contributed by atoms with Gasteiger partial charge in [0.1, 0.15) is 0 Å². The summed E-state index contributed by atoms with van der Waals surface area (Å²) in [6, 6.07) is 4.59. The van der Waals surface area contributed by atoms with Gasteiger partial charge in [-0.25, -0.2) is 4.79 Å². The lowest BCUT2D eigenvalue weighted by atomic mass is 10.2. The Labute approximate surface area is 134 Å². The summed E-state index contributed by atoms with van der Waals surface area (Å²) < 4.78 is 97.3. The van der Waals surface area contributed by atoms with Crippen LogP contribution >= 0.6 is 22.6 Å². The first kappa shape index (κ1) is 19.0. The van der Waals surface area contributed by atoms with Gasteiger partial charge in [-0.05, 0) is 46.9 Å². The van der Waals surface area contributed by atoms with Gasteiger partial charge in [0.05, 0.1) is 5.56 Å². The second-order valence-corrected chi connectivity index (χ2v) is 6.61. The third-order valence-corrected chi connectivity index (χ3v) is 3.87. The number of hydrogen-bond donors (Lipinski definition) is 1. The van der Waals surface area contributed by atoms with E-state index in [2.05, 4.69) is 4.74 Å². The molecule has 5 nitrogen and oxygen atoms in total. The van der Waals surface area contributed by atoms with Crippen LogP contribution in [0.5, 0.6) is 0 Å². The van der Waals surface area contributed by atoms with Crippen molar-refractivity contribution >= 4 is 38.7 Å². The molecule has 1 N–H and O–H groups in total. The summed E-state index contributed by atoms with van der Waals surface area (Å²) in [5.41, 5.74) is -0.499. The summed E-state index contributed by atoms with van der Waals surface area (Å²) in [5.74, 6) is -1.82. The van der Waals surface area contributed by atoms with E-state index in [1.807, 2.05) is 22.6 Å². The molecular formula is C10H6F5IO5S. The van der Waals surface area contributed by atoms with Crippen LogP contribution in [0.4, 0.5) is 22.0 Å². The summed E-state index contributed by atoms with van der Waals surface area (Å²) in [4.78, 5) is 11.5. The lowest BCUT2D eigenvalue weighted by Gasteiger charge is -2.26. The van der Waals surface area contributed by atoms with Gasteiger partial charge in [-0.1, -0.05) is 0 Å². The van der Waals surface area contributed by atoms with E-state index in [1.165, 1.54) is 12.1 Å². The Morgan fingerprint density at radius 2 is 1.59 bits per heavy atom. The van der Waals surface area contributed by atoms with E-state index in [4.69, 9.17) is 4.55 Å². The Balaban J connectivity index is 3.16. The normalized spacial score (nSPS) is 14.5. The minimum Gasteiger partial charge on any atom is -0.441 e. The molecule has 0 bridgehead atoms. The molecule has 0 aliphatic rings. The monoisotopic (exact) mass is 460 g/mol. The van der Waals surface area contributed by atoms with E-state index in [0.717, 1.165) is 12.1 Å². The van der Waals surface area contributed by atoms with Crippen molar-refractivity contribution < 1.29 is 44.5 Å². The number of esters is 1. The maximum absolute atomic E-state index is 13.2. The summed E-state index contributed by atoms with van der Waals surface area (Å²) in [6.45, 7) is 0. The van der Waals surface area contributed by atoms with Crippen LogP contribution in [0.2, 0.25) is 0 Å². The molecule has 1 atom stereocenters. The number of carbonyl (C=O) groups excluding carboxylic acids is 1. The highest BCUT2D eigenvalue weighted by atomic mass is 127. The van der Waals surface area contributed by atoms with E-state index < -0.39 is 39.2 Å². The Bertz CT molecular complexity index is 655. The van der Waals surface area contributed by atoms with E-state index in [1.54, 1.807) is 0 Å². The molecular weight excluding hydrogens is 454 g/mol. The number of hydrogen-bond acceptors (Lipinski definition) is 4. The molecule has 0 aliphatic carbocycles. The average Bonchev–Trinajstić information content (AvgIpc) is 2.33. The number of halogens is 6. The van der Waals surface area contributed by atoms with E-state index >= 15 is 0 Å². The van der Waals surface area contributed by atoms with Crippen molar-refractivity contribution in [2.24, 2.45) is 0 Å². The van der Waals surface area contributed by atoms with Gasteiger partial charge in [-0.15, -0.1) is 0 Å². The second-order valence-electron chi connectivity index (χ2n) is 3.87. The average molecular weight is 460 g/mol. The summed E-state index contributed by atoms with van der Waals surface area (Å²) >= 11 is 1.82. The van der Waals surface area contributed by atoms with Crippen LogP contribution in [0, 0.1) is 3.57 Å². The third kappa shape index (κ3) is 4.25. The standard InChI is InChI=1S/C10H6F5IO5S/c11-9(12,13)8(10(14,15)22(18,19)20)21-7(17)5-1-3-6(16)4-2-5/h1-4,8H,(H,18,19,20). The van der Waals surface area contributed by atoms with Crippen molar-refractivity contribution in [1.29, 1.82) is 0 Å². The van der Waals surface area contributed by atoms with Gasteiger partial charge in [0.2, 0.25) is 0 Å². The lowest BCUT2D eigenvalue weighted by Crippen LogP contribution is -2.52. The molecule has 0 aliphatic heterocycles. The van der Waals surface area contributed by atoms with Crippen LogP contribution in [0.15, 0.2) is 24.3 Å². The van der Waals surface area contributed by atoms with Crippen molar-refractivity contribution in [3.8, 4) is 0 Å². The van der Waals surface area contributed by atoms with Crippen LogP contribution in [0.25, 0.3) is 0 Å². The molecule has 1 rings (SSSR count). The fourth-order valence-corrected chi connectivity index (χ4v) is 2.03. The molecule has 12 heteroatoms. The first-order valence-electron chi connectivity index (χ1n) is 5.15. The molecule has 0 spiro atoms. The SMILES string of the molecule is O=C(OC(C(F)(F)F)C(F)(F)S(=O)(=O)O)c1ccc(I)cc1. The molecule has 1 unspecified atom stereocenters. The molecule has 124 valence electrons. The maximum atomic E-state index is 13.2. The van der Waals surface area contributed by atoms with Gasteiger partial charge in [0.15, 0.2) is 0 Å². The number of benzene rings is 1. The van der Waals surface area contributed by atoms with Crippen LogP contribution in [-0.4, -0.2) is 36.5 Å². The minimum atomic E-state index is -6.45. The summed E-state index contributed by atoms with van der Waals surface area (Å²) in [6.07, 6.45) is -10.3. The van der Waals surface area contributed by atoms with Gasteiger partial charge < -0.3 is 4.74 Å². The first-order valence-corrected chi connectivity index (χ1v) is 7.67. The van der Waals surface area contributed by atoms with Gasteiger partial charge in [-0.3, -0.25) is 4.55 Å². The smallest absolute Gasteiger partial charge is 0.432 e.